The molecule has 1 aliphatic rings. The number of hydrogen-bond donors (Lipinski definition) is 1. The topological polar surface area (TPSA) is 57.6 Å². The lowest BCUT2D eigenvalue weighted by Gasteiger charge is -2.40. The molecule has 2 atom stereocenters. The molecule has 132 valence electrons. The van der Waals surface area contributed by atoms with E-state index in [9.17, 15) is 14.7 Å². The van der Waals surface area contributed by atoms with E-state index >= 15 is 0 Å². The number of aryl methyl sites for hydroxylation is 1. The molecule has 2 unspecified atom stereocenters. The number of amides is 1. The van der Waals surface area contributed by atoms with Gasteiger partial charge in [-0.1, -0.05) is 38.5 Å². The van der Waals surface area contributed by atoms with Gasteiger partial charge in [-0.25, -0.2) is 0 Å². The Morgan fingerprint density at radius 1 is 1.20 bits per heavy atom. The molecule has 0 aliphatic carbocycles. The molecule has 1 N–H and O–H groups in total. The average molecular weight is 357 g/mol. The van der Waals surface area contributed by atoms with Crippen LogP contribution in [0.3, 0.4) is 0 Å². The number of fused-ring (bicyclic) bond motifs is 1. The molecule has 0 radical (unpaired) electrons. The zero-order valence-electron chi connectivity index (χ0n) is 14.6. The highest BCUT2D eigenvalue weighted by atomic mass is 32.1. The van der Waals surface area contributed by atoms with Crippen molar-refractivity contribution in [1.29, 1.82) is 0 Å². The minimum atomic E-state index is -0.877. The average Bonchev–Trinajstić information content (AvgIpc) is 3.09. The van der Waals surface area contributed by atoms with Gasteiger partial charge in [-0.15, -0.1) is 11.3 Å². The predicted octanol–water partition coefficient (Wildman–Crippen LogP) is 4.48. The Balaban J connectivity index is 2.14. The van der Waals surface area contributed by atoms with Crippen LogP contribution in [0.1, 0.15) is 64.3 Å². The third-order valence-corrected chi connectivity index (χ3v) is 6.08. The second kappa shape index (κ2) is 7.40. The maximum absolute atomic E-state index is 13.1. The van der Waals surface area contributed by atoms with Crippen LogP contribution in [0, 0.1) is 0 Å². The molecule has 1 aromatic carbocycles. The first-order chi connectivity index (χ1) is 12.1. The van der Waals surface area contributed by atoms with Gasteiger partial charge in [0.25, 0.3) is 5.91 Å². The summed E-state index contributed by atoms with van der Waals surface area (Å²) in [5, 5.41) is 9.98. The van der Waals surface area contributed by atoms with Gasteiger partial charge in [-0.3, -0.25) is 9.59 Å². The summed E-state index contributed by atoms with van der Waals surface area (Å²) in [6.45, 7) is 4.74. The molecule has 2 heterocycles. The van der Waals surface area contributed by atoms with E-state index in [1.807, 2.05) is 18.2 Å². The molecular weight excluding hydrogens is 334 g/mol. The van der Waals surface area contributed by atoms with Crippen molar-refractivity contribution in [2.24, 2.45) is 0 Å². The summed E-state index contributed by atoms with van der Waals surface area (Å²) in [5.74, 6) is -1.66. The molecule has 4 nitrogen and oxygen atoms in total. The second-order valence-electron chi connectivity index (χ2n) is 6.36. The molecule has 0 spiro atoms. The van der Waals surface area contributed by atoms with E-state index in [1.54, 1.807) is 34.4 Å². The number of unbranched alkanes of at least 4 members (excludes halogenated alkanes) is 1. The molecule has 3 rings (SSSR count). The fourth-order valence-electron chi connectivity index (χ4n) is 3.49. The van der Waals surface area contributed by atoms with Crippen molar-refractivity contribution in [3.63, 3.8) is 0 Å². The minimum Gasteiger partial charge on any atom is -0.481 e. The quantitative estimate of drug-likeness (QED) is 0.829. The Morgan fingerprint density at radius 2 is 1.96 bits per heavy atom. The number of nitrogens with zero attached hydrogens (tertiary/aromatic N) is 1. The first-order valence-electron chi connectivity index (χ1n) is 8.79. The van der Waals surface area contributed by atoms with Gasteiger partial charge >= 0.3 is 5.97 Å². The number of carbonyl (C=O) groups is 2. The number of aliphatic carboxylic acids is 1. The van der Waals surface area contributed by atoms with Crippen LogP contribution in [0.5, 0.6) is 0 Å². The lowest BCUT2D eigenvalue weighted by atomic mass is 9.82. The van der Waals surface area contributed by atoms with Gasteiger partial charge in [0.1, 0.15) is 5.92 Å². The van der Waals surface area contributed by atoms with Gasteiger partial charge in [0, 0.05) is 21.9 Å². The van der Waals surface area contributed by atoms with Crippen LogP contribution < -0.4 is 0 Å². The predicted molar refractivity (Wildman–Crippen MR) is 99.2 cm³/mol. The van der Waals surface area contributed by atoms with Gasteiger partial charge in [-0.2, -0.15) is 0 Å². The molecule has 1 aliphatic heterocycles. The third kappa shape index (κ3) is 3.21. The van der Waals surface area contributed by atoms with Crippen LogP contribution in [0.25, 0.3) is 0 Å². The van der Waals surface area contributed by atoms with E-state index in [-0.39, 0.29) is 5.91 Å². The minimum absolute atomic E-state index is 0.0574. The van der Waals surface area contributed by atoms with Gasteiger partial charge < -0.3 is 10.0 Å². The first-order valence-corrected chi connectivity index (χ1v) is 9.61. The smallest absolute Gasteiger partial charge is 0.313 e. The molecular formula is C20H23NO3S. The van der Waals surface area contributed by atoms with Crippen molar-refractivity contribution in [2.75, 3.05) is 6.54 Å². The molecule has 0 fully saturated rings. The van der Waals surface area contributed by atoms with Gasteiger partial charge in [0.15, 0.2) is 0 Å². The van der Waals surface area contributed by atoms with Crippen LogP contribution in [-0.2, 0) is 11.2 Å². The highest BCUT2D eigenvalue weighted by molar-refractivity contribution is 7.12. The maximum atomic E-state index is 13.1. The normalized spacial score (nSPS) is 19.8. The molecule has 0 bridgehead atoms. The molecule has 2 aromatic rings. The molecule has 0 saturated heterocycles. The van der Waals surface area contributed by atoms with Gasteiger partial charge in [0.05, 0.1) is 6.04 Å². The fourth-order valence-corrected chi connectivity index (χ4v) is 4.60. The third-order valence-electron chi connectivity index (χ3n) is 4.78. The zero-order chi connectivity index (χ0) is 18.0. The van der Waals surface area contributed by atoms with Crippen LogP contribution in [0.4, 0.5) is 0 Å². The SMILES string of the molecule is CCCCN1C(=O)c2ccccc2C(C(=O)O)C1c1ccc(CC)s1. The van der Waals surface area contributed by atoms with Crippen LogP contribution in [0.15, 0.2) is 36.4 Å². The Labute approximate surface area is 152 Å². The number of thiophene rings is 1. The monoisotopic (exact) mass is 357 g/mol. The van der Waals surface area contributed by atoms with Crippen molar-refractivity contribution in [3.8, 4) is 0 Å². The molecule has 5 heteroatoms. The highest BCUT2D eigenvalue weighted by Crippen LogP contribution is 2.44. The van der Waals surface area contributed by atoms with E-state index in [0.717, 1.165) is 24.1 Å². The molecule has 1 amide bonds. The Bertz CT molecular complexity index is 783. The van der Waals surface area contributed by atoms with E-state index < -0.39 is 17.9 Å². The Kier molecular flexibility index (Phi) is 5.23. The largest absolute Gasteiger partial charge is 0.481 e. The van der Waals surface area contributed by atoms with Crippen molar-refractivity contribution in [2.45, 2.75) is 45.1 Å². The van der Waals surface area contributed by atoms with Gasteiger partial charge in [-0.05, 0) is 36.6 Å². The molecule has 25 heavy (non-hydrogen) atoms. The van der Waals surface area contributed by atoms with E-state index in [4.69, 9.17) is 0 Å². The number of benzene rings is 1. The summed E-state index contributed by atoms with van der Waals surface area (Å²) < 4.78 is 0. The number of carboxylic acid groups (broad SMARTS) is 1. The fraction of sp³-hybridized carbons (Fsp3) is 0.400. The second-order valence-corrected chi connectivity index (χ2v) is 7.56. The standard InChI is InChI=1S/C20H23NO3S/c1-3-5-12-21-18(16-11-10-13(4-2)25-16)17(20(23)24)14-8-6-7-9-15(14)19(21)22/h6-11,17-18H,3-5,12H2,1-2H3,(H,23,24). The number of carbonyl (C=O) groups excluding carboxylic acids is 1. The van der Waals surface area contributed by atoms with Gasteiger partial charge in [0.2, 0.25) is 0 Å². The Hall–Kier alpha value is -2.14. The van der Waals surface area contributed by atoms with E-state index in [2.05, 4.69) is 13.8 Å². The van der Waals surface area contributed by atoms with Crippen molar-refractivity contribution < 1.29 is 14.7 Å². The summed E-state index contributed by atoms with van der Waals surface area (Å²) in [4.78, 5) is 29.2. The maximum Gasteiger partial charge on any atom is 0.313 e. The summed E-state index contributed by atoms with van der Waals surface area (Å²) in [7, 11) is 0. The molecule has 1 aromatic heterocycles. The van der Waals surface area contributed by atoms with Crippen LogP contribution in [0.2, 0.25) is 0 Å². The Morgan fingerprint density at radius 3 is 2.60 bits per heavy atom. The first kappa shape index (κ1) is 17.7. The van der Waals surface area contributed by atoms with E-state index in [1.165, 1.54) is 4.88 Å². The number of hydrogen-bond acceptors (Lipinski definition) is 3. The lowest BCUT2D eigenvalue weighted by molar-refractivity contribution is -0.140. The summed E-state index contributed by atoms with van der Waals surface area (Å²) in [6, 6.07) is 10.7. The summed E-state index contributed by atoms with van der Waals surface area (Å²) in [5.41, 5.74) is 1.15. The lowest BCUT2D eigenvalue weighted by Crippen LogP contribution is -2.45. The van der Waals surface area contributed by atoms with Crippen molar-refractivity contribution in [1.82, 2.24) is 4.90 Å². The van der Waals surface area contributed by atoms with Crippen LogP contribution >= 0.6 is 11.3 Å². The van der Waals surface area contributed by atoms with Crippen molar-refractivity contribution >= 4 is 23.2 Å². The summed E-state index contributed by atoms with van der Waals surface area (Å²) in [6.07, 6.45) is 2.73. The molecule has 0 saturated carbocycles. The highest BCUT2D eigenvalue weighted by Gasteiger charge is 2.44. The number of carboxylic acids is 1. The zero-order valence-corrected chi connectivity index (χ0v) is 15.4. The van der Waals surface area contributed by atoms with Crippen LogP contribution in [-0.4, -0.2) is 28.4 Å². The summed E-state index contributed by atoms with van der Waals surface area (Å²) >= 11 is 1.62. The van der Waals surface area contributed by atoms with Crippen molar-refractivity contribution in [3.05, 3.63) is 57.3 Å². The van der Waals surface area contributed by atoms with E-state index in [0.29, 0.717) is 17.7 Å². The number of rotatable bonds is 6.